The normalized spacial score (nSPS) is 13.9. The molecule has 0 saturated carbocycles. The van der Waals surface area contributed by atoms with E-state index < -0.39 is 17.1 Å². The van der Waals surface area contributed by atoms with Crippen molar-refractivity contribution in [2.24, 2.45) is 7.05 Å². The summed E-state index contributed by atoms with van der Waals surface area (Å²) in [6.45, 7) is 6.06. The van der Waals surface area contributed by atoms with Gasteiger partial charge in [-0.15, -0.1) is 0 Å². The average Bonchev–Trinajstić information content (AvgIpc) is 3.26. The largest absolute Gasteiger partial charge is 0.339 e. The summed E-state index contributed by atoms with van der Waals surface area (Å²) in [5.74, 6) is 0.136. The van der Waals surface area contributed by atoms with Crippen molar-refractivity contribution in [3.8, 4) is 0 Å². The Morgan fingerprint density at radius 3 is 2.49 bits per heavy atom. The average molecular weight is 505 g/mol. The van der Waals surface area contributed by atoms with Gasteiger partial charge in [-0.1, -0.05) is 42.0 Å². The van der Waals surface area contributed by atoms with Gasteiger partial charge >= 0.3 is 5.69 Å². The first-order valence-electron chi connectivity index (χ1n) is 12.2. The van der Waals surface area contributed by atoms with Crippen LogP contribution in [0.5, 0.6) is 0 Å². The molecule has 1 aliphatic heterocycles. The van der Waals surface area contributed by atoms with Crippen molar-refractivity contribution >= 4 is 23.0 Å². The number of aryl methyl sites for hydroxylation is 3. The van der Waals surface area contributed by atoms with E-state index in [2.05, 4.69) is 16.0 Å². The van der Waals surface area contributed by atoms with Crippen LogP contribution in [0.15, 0.2) is 52.1 Å². The maximum atomic E-state index is 14.5. The fourth-order valence-electron chi connectivity index (χ4n) is 4.83. The summed E-state index contributed by atoms with van der Waals surface area (Å²) in [6.07, 6.45) is 0.344. The number of piperazine rings is 1. The van der Waals surface area contributed by atoms with Crippen molar-refractivity contribution in [3.63, 3.8) is 0 Å². The molecular weight excluding hydrogens is 475 g/mol. The molecule has 37 heavy (non-hydrogen) atoms. The summed E-state index contributed by atoms with van der Waals surface area (Å²) in [5.41, 5.74) is 2.93. The summed E-state index contributed by atoms with van der Waals surface area (Å²) in [6, 6.07) is 12.5. The van der Waals surface area contributed by atoms with Gasteiger partial charge in [0.05, 0.1) is 13.0 Å². The van der Waals surface area contributed by atoms with E-state index in [-0.39, 0.29) is 23.6 Å². The summed E-state index contributed by atoms with van der Waals surface area (Å²) in [7, 11) is 1.54. The zero-order valence-electron chi connectivity index (χ0n) is 21.1. The van der Waals surface area contributed by atoms with Crippen LogP contribution in [0.3, 0.4) is 0 Å². The molecular formula is C27H29FN6O3. The molecule has 1 aliphatic rings. The topological polar surface area (TPSA) is 96.2 Å². The fourth-order valence-corrected chi connectivity index (χ4v) is 4.83. The number of aromatic amines is 1. The van der Waals surface area contributed by atoms with Gasteiger partial charge in [0.2, 0.25) is 11.9 Å². The molecule has 4 aromatic rings. The van der Waals surface area contributed by atoms with E-state index in [0.29, 0.717) is 44.1 Å². The standard InChI is InChI=1S/C27H29FN6O3/c1-17-8-9-18(2)20(14-17)15-22(35)32-10-12-33(13-11-32)26-29-24-23(25(36)30-27(37)31(24)3)34(26)16-19-6-4-5-7-21(19)28/h4-9,14H,10-13,15-16H2,1-3H3,(H,30,36,37). The Balaban J connectivity index is 1.43. The van der Waals surface area contributed by atoms with E-state index in [0.717, 1.165) is 16.7 Å². The SMILES string of the molecule is Cc1ccc(C)c(CC(=O)N2CCN(c3nc4c(c(=O)[nH]c(=O)n4C)n3Cc3ccccc3F)CC2)c1. The Hall–Kier alpha value is -4.21. The highest BCUT2D eigenvalue weighted by Crippen LogP contribution is 2.23. The molecule has 0 aliphatic carbocycles. The third-order valence-corrected chi connectivity index (χ3v) is 7.03. The molecule has 1 saturated heterocycles. The molecule has 9 nitrogen and oxygen atoms in total. The van der Waals surface area contributed by atoms with Crippen LogP contribution >= 0.6 is 0 Å². The van der Waals surface area contributed by atoms with Crippen molar-refractivity contribution in [1.82, 2.24) is 24.0 Å². The summed E-state index contributed by atoms with van der Waals surface area (Å²) in [4.78, 5) is 48.9. The molecule has 3 heterocycles. The van der Waals surface area contributed by atoms with Crippen LogP contribution in [0.4, 0.5) is 10.3 Å². The molecule has 1 N–H and O–H groups in total. The summed E-state index contributed by atoms with van der Waals surface area (Å²) >= 11 is 0. The lowest BCUT2D eigenvalue weighted by molar-refractivity contribution is -0.130. The lowest BCUT2D eigenvalue weighted by Gasteiger charge is -2.35. The maximum Gasteiger partial charge on any atom is 0.329 e. The first-order valence-corrected chi connectivity index (χ1v) is 12.2. The number of hydrogen-bond donors (Lipinski definition) is 1. The molecule has 0 atom stereocenters. The Morgan fingerprint density at radius 1 is 1.03 bits per heavy atom. The predicted octanol–water partition coefficient (Wildman–Crippen LogP) is 2.12. The molecule has 1 amide bonds. The van der Waals surface area contributed by atoms with Gasteiger partial charge in [0, 0.05) is 38.8 Å². The van der Waals surface area contributed by atoms with Crippen LogP contribution in [0.1, 0.15) is 22.3 Å². The summed E-state index contributed by atoms with van der Waals surface area (Å²) < 4.78 is 17.5. The number of rotatable bonds is 5. The predicted molar refractivity (Wildman–Crippen MR) is 140 cm³/mol. The first-order chi connectivity index (χ1) is 17.7. The Labute approximate surface area is 212 Å². The number of amides is 1. The monoisotopic (exact) mass is 504 g/mol. The molecule has 0 radical (unpaired) electrons. The van der Waals surface area contributed by atoms with Crippen molar-refractivity contribution < 1.29 is 9.18 Å². The highest BCUT2D eigenvalue weighted by molar-refractivity contribution is 5.80. The van der Waals surface area contributed by atoms with Crippen LogP contribution in [-0.4, -0.2) is 56.1 Å². The molecule has 0 unspecified atom stereocenters. The molecule has 2 aromatic carbocycles. The number of fused-ring (bicyclic) bond motifs is 1. The van der Waals surface area contributed by atoms with E-state index in [1.807, 2.05) is 35.8 Å². The van der Waals surface area contributed by atoms with E-state index in [1.54, 1.807) is 22.8 Å². The van der Waals surface area contributed by atoms with Crippen LogP contribution in [0.2, 0.25) is 0 Å². The number of nitrogens with one attached hydrogen (secondary N) is 1. The third kappa shape index (κ3) is 4.66. The second-order valence-corrected chi connectivity index (χ2v) is 9.55. The molecule has 0 bridgehead atoms. The molecule has 10 heteroatoms. The minimum atomic E-state index is -0.574. The molecule has 5 rings (SSSR count). The maximum absolute atomic E-state index is 14.5. The lowest BCUT2D eigenvalue weighted by Crippen LogP contribution is -2.50. The number of imidazole rings is 1. The van der Waals surface area contributed by atoms with Crippen LogP contribution < -0.4 is 16.1 Å². The quantitative estimate of drug-likeness (QED) is 0.449. The number of hydrogen-bond acceptors (Lipinski definition) is 5. The van der Waals surface area contributed by atoms with Crippen molar-refractivity contribution in [1.29, 1.82) is 0 Å². The minimum absolute atomic E-state index is 0.0621. The highest BCUT2D eigenvalue weighted by atomic mass is 19.1. The van der Waals surface area contributed by atoms with Crippen molar-refractivity contribution in [2.75, 3.05) is 31.1 Å². The Bertz CT molecular complexity index is 1610. The number of carbonyl (C=O) groups excluding carboxylic acids is 1. The van der Waals surface area contributed by atoms with Gasteiger partial charge < -0.3 is 9.80 Å². The van der Waals surface area contributed by atoms with Crippen LogP contribution in [0.25, 0.3) is 11.2 Å². The zero-order chi connectivity index (χ0) is 26.3. The molecule has 1 fully saturated rings. The van der Waals surface area contributed by atoms with E-state index in [4.69, 9.17) is 0 Å². The van der Waals surface area contributed by atoms with Crippen LogP contribution in [-0.2, 0) is 24.8 Å². The van der Waals surface area contributed by atoms with Gasteiger partial charge in [-0.2, -0.15) is 4.98 Å². The fraction of sp³-hybridized carbons (Fsp3) is 0.333. The first kappa shape index (κ1) is 24.5. The second kappa shape index (κ2) is 9.68. The highest BCUT2D eigenvalue weighted by Gasteiger charge is 2.27. The van der Waals surface area contributed by atoms with Gasteiger partial charge in [0.1, 0.15) is 5.82 Å². The number of aromatic nitrogens is 4. The van der Waals surface area contributed by atoms with Crippen LogP contribution in [0, 0.1) is 19.7 Å². The number of anilines is 1. The third-order valence-electron chi connectivity index (χ3n) is 7.03. The van der Waals surface area contributed by atoms with Gasteiger partial charge in [-0.25, -0.2) is 9.18 Å². The number of benzene rings is 2. The van der Waals surface area contributed by atoms with E-state index in [9.17, 15) is 18.8 Å². The van der Waals surface area contributed by atoms with Gasteiger partial charge in [0.15, 0.2) is 11.2 Å². The van der Waals surface area contributed by atoms with E-state index >= 15 is 0 Å². The summed E-state index contributed by atoms with van der Waals surface area (Å²) in [5, 5.41) is 0. The van der Waals surface area contributed by atoms with Gasteiger partial charge in [0.25, 0.3) is 5.56 Å². The number of H-pyrrole nitrogens is 1. The zero-order valence-corrected chi connectivity index (χ0v) is 21.1. The second-order valence-electron chi connectivity index (χ2n) is 9.55. The van der Waals surface area contributed by atoms with Crippen molar-refractivity contribution in [2.45, 2.75) is 26.8 Å². The van der Waals surface area contributed by atoms with Crippen molar-refractivity contribution in [3.05, 3.63) is 91.4 Å². The molecule has 2 aromatic heterocycles. The number of carbonyl (C=O) groups is 1. The lowest BCUT2D eigenvalue weighted by atomic mass is 10.0. The molecule has 0 spiro atoms. The molecule has 192 valence electrons. The van der Waals surface area contributed by atoms with Gasteiger partial charge in [-0.05, 0) is 31.0 Å². The minimum Gasteiger partial charge on any atom is -0.339 e. The number of halogens is 1. The Morgan fingerprint density at radius 2 is 1.76 bits per heavy atom. The smallest absolute Gasteiger partial charge is 0.329 e. The number of nitrogens with zero attached hydrogens (tertiary/aromatic N) is 5. The van der Waals surface area contributed by atoms with Gasteiger partial charge in [-0.3, -0.25) is 23.7 Å². The Kier molecular flexibility index (Phi) is 6.41. The van der Waals surface area contributed by atoms with E-state index in [1.165, 1.54) is 17.7 Å².